The van der Waals surface area contributed by atoms with Gasteiger partial charge >= 0.3 is 0 Å². The van der Waals surface area contributed by atoms with Crippen molar-refractivity contribution in [2.75, 3.05) is 40.9 Å². The van der Waals surface area contributed by atoms with Crippen molar-refractivity contribution in [2.24, 2.45) is 0 Å². The van der Waals surface area contributed by atoms with Crippen molar-refractivity contribution in [3.8, 4) is 0 Å². The number of quaternary nitrogens is 1. The lowest BCUT2D eigenvalue weighted by Gasteiger charge is -2.30. The molecule has 0 rings (SSSR count). The van der Waals surface area contributed by atoms with Gasteiger partial charge < -0.3 is 28.8 Å². The maximum atomic E-state index is 13.0. The molecule has 0 saturated carbocycles. The fourth-order valence-corrected chi connectivity index (χ4v) is 11.9. The standard InChI is InChI=1S/C71H141N2O6P/c1-6-8-10-12-14-16-18-20-22-24-25-26-27-28-29-30-31-32-33-34-35-36-37-38-39-40-41-42-43-44-45-46-47-49-51-53-55-57-59-61-63-65-71(75)72-69(68-79-80(76,77)78-67-66-73(3,4)5)70(74)64-62-60-58-56-54-52-50-48-23-21-19-17-15-13-11-9-7-2/h18,20,24-25,69-70,74H,6-17,19,21-23,26-68H2,1-5H3,(H-,72,75,76,77)/b20-18-,25-24-. The first-order valence-electron chi connectivity index (χ1n) is 35.7. The molecule has 0 heterocycles. The third kappa shape index (κ3) is 64.5. The summed E-state index contributed by atoms with van der Waals surface area (Å²) in [6.07, 6.45) is 81.3. The van der Waals surface area contributed by atoms with E-state index < -0.39 is 20.0 Å². The maximum absolute atomic E-state index is 13.0. The lowest BCUT2D eigenvalue weighted by Crippen LogP contribution is -2.46. The van der Waals surface area contributed by atoms with E-state index in [1.54, 1.807) is 0 Å². The first kappa shape index (κ1) is 79.0. The monoisotopic (exact) mass is 1150 g/mol. The van der Waals surface area contributed by atoms with E-state index in [1.165, 1.54) is 302 Å². The lowest BCUT2D eigenvalue weighted by atomic mass is 10.0. The Morgan fingerprint density at radius 3 is 1.04 bits per heavy atom. The largest absolute Gasteiger partial charge is 0.756 e. The molecule has 3 atom stereocenters. The Balaban J connectivity index is 3.83. The number of carbonyl (C=O) groups is 1. The molecule has 3 unspecified atom stereocenters. The van der Waals surface area contributed by atoms with Gasteiger partial charge in [0.2, 0.25) is 5.91 Å². The topological polar surface area (TPSA) is 108 Å². The number of hydrogen-bond donors (Lipinski definition) is 2. The van der Waals surface area contributed by atoms with Crippen LogP contribution in [0.15, 0.2) is 24.3 Å². The molecule has 0 aliphatic rings. The zero-order valence-corrected chi connectivity index (χ0v) is 55.5. The molecule has 0 aliphatic heterocycles. The number of unbranched alkanes of at least 4 members (excludes halogenated alkanes) is 50. The molecule has 0 aliphatic carbocycles. The molecule has 0 aromatic carbocycles. The molecule has 476 valence electrons. The number of carbonyl (C=O) groups excluding carboxylic acids is 1. The number of hydrogen-bond acceptors (Lipinski definition) is 6. The van der Waals surface area contributed by atoms with Gasteiger partial charge in [-0.1, -0.05) is 346 Å². The van der Waals surface area contributed by atoms with Crippen molar-refractivity contribution in [2.45, 2.75) is 386 Å². The van der Waals surface area contributed by atoms with Gasteiger partial charge in [-0.15, -0.1) is 0 Å². The smallest absolute Gasteiger partial charge is 0.268 e. The summed E-state index contributed by atoms with van der Waals surface area (Å²) >= 11 is 0. The summed E-state index contributed by atoms with van der Waals surface area (Å²) < 4.78 is 23.5. The van der Waals surface area contributed by atoms with Crippen LogP contribution in [-0.4, -0.2) is 68.5 Å². The van der Waals surface area contributed by atoms with Crippen molar-refractivity contribution in [1.82, 2.24) is 5.32 Å². The highest BCUT2D eigenvalue weighted by molar-refractivity contribution is 7.45. The van der Waals surface area contributed by atoms with Gasteiger partial charge in [-0.2, -0.15) is 0 Å². The predicted molar refractivity (Wildman–Crippen MR) is 349 cm³/mol. The molecule has 9 heteroatoms. The van der Waals surface area contributed by atoms with Crippen LogP contribution in [0.2, 0.25) is 0 Å². The highest BCUT2D eigenvalue weighted by Crippen LogP contribution is 2.38. The van der Waals surface area contributed by atoms with Gasteiger partial charge in [0, 0.05) is 6.42 Å². The van der Waals surface area contributed by atoms with E-state index in [1.807, 2.05) is 21.1 Å². The van der Waals surface area contributed by atoms with Gasteiger partial charge in [0.15, 0.2) is 0 Å². The minimum Gasteiger partial charge on any atom is -0.756 e. The predicted octanol–water partition coefficient (Wildman–Crippen LogP) is 22.0. The van der Waals surface area contributed by atoms with E-state index in [0.717, 1.165) is 44.9 Å². The Morgan fingerprint density at radius 2 is 0.725 bits per heavy atom. The van der Waals surface area contributed by atoms with Crippen LogP contribution in [0.4, 0.5) is 0 Å². The van der Waals surface area contributed by atoms with Crippen LogP contribution in [0.25, 0.3) is 0 Å². The number of aliphatic hydroxyl groups excluding tert-OH is 1. The SMILES string of the molecule is CCCCCCC/C=C\C/C=C\CCCCCCCCCCCCCCCCCCCCCCCCCCCCCCCC(=O)NC(COP(=O)([O-])OCC[N+](C)(C)C)C(O)CCCCCCCCCCCCCCCCCCC. The Bertz CT molecular complexity index is 1350. The van der Waals surface area contributed by atoms with Gasteiger partial charge in [0.1, 0.15) is 13.2 Å². The first-order valence-corrected chi connectivity index (χ1v) is 37.1. The summed E-state index contributed by atoms with van der Waals surface area (Å²) in [4.78, 5) is 25.6. The number of aliphatic hydroxyl groups is 1. The van der Waals surface area contributed by atoms with E-state index >= 15 is 0 Å². The van der Waals surface area contributed by atoms with E-state index in [9.17, 15) is 19.4 Å². The third-order valence-corrected chi connectivity index (χ3v) is 17.7. The van der Waals surface area contributed by atoms with E-state index in [-0.39, 0.29) is 19.1 Å². The molecular formula is C71H141N2O6P. The van der Waals surface area contributed by atoms with Crippen LogP contribution >= 0.6 is 7.82 Å². The fourth-order valence-electron chi connectivity index (χ4n) is 11.1. The fraction of sp³-hybridized carbons (Fsp3) is 0.930. The number of likely N-dealkylation sites (N-methyl/N-ethyl adjacent to an activating group) is 1. The second kappa shape index (κ2) is 62.5. The number of allylic oxidation sites excluding steroid dienone is 4. The van der Waals surface area contributed by atoms with Crippen molar-refractivity contribution < 1.29 is 32.9 Å². The molecule has 80 heavy (non-hydrogen) atoms. The molecule has 0 saturated heterocycles. The van der Waals surface area contributed by atoms with Gasteiger partial charge in [-0.05, 0) is 44.9 Å². The summed E-state index contributed by atoms with van der Waals surface area (Å²) in [5.41, 5.74) is 0. The number of phosphoric ester groups is 1. The molecule has 1 amide bonds. The highest BCUT2D eigenvalue weighted by Gasteiger charge is 2.24. The Morgan fingerprint density at radius 1 is 0.438 bits per heavy atom. The Kier molecular flexibility index (Phi) is 61.7. The zero-order valence-electron chi connectivity index (χ0n) is 54.6. The van der Waals surface area contributed by atoms with Crippen LogP contribution in [0.1, 0.15) is 373 Å². The van der Waals surface area contributed by atoms with Crippen LogP contribution in [0.3, 0.4) is 0 Å². The second-order valence-corrected chi connectivity index (χ2v) is 27.4. The molecule has 0 aromatic rings. The van der Waals surface area contributed by atoms with Crippen molar-refractivity contribution in [3.63, 3.8) is 0 Å². The summed E-state index contributed by atoms with van der Waals surface area (Å²) in [5.74, 6) is -0.156. The summed E-state index contributed by atoms with van der Waals surface area (Å²) in [5, 5.41) is 14.1. The number of amides is 1. The van der Waals surface area contributed by atoms with Gasteiger partial charge in [-0.3, -0.25) is 9.36 Å². The zero-order chi connectivity index (χ0) is 58.4. The summed E-state index contributed by atoms with van der Waals surface area (Å²) in [6.45, 7) is 4.77. The van der Waals surface area contributed by atoms with Crippen LogP contribution in [0, 0.1) is 0 Å². The van der Waals surface area contributed by atoms with Crippen LogP contribution < -0.4 is 10.2 Å². The number of nitrogens with one attached hydrogen (secondary N) is 1. The normalized spacial score (nSPS) is 13.7. The number of phosphoric acid groups is 1. The average molecular weight is 1150 g/mol. The van der Waals surface area contributed by atoms with Crippen LogP contribution in [-0.2, 0) is 18.4 Å². The molecular weight excluding hydrogens is 1010 g/mol. The Labute approximate surface area is 500 Å². The molecule has 0 radical (unpaired) electrons. The molecule has 8 nitrogen and oxygen atoms in total. The highest BCUT2D eigenvalue weighted by atomic mass is 31.2. The molecule has 0 bridgehead atoms. The quantitative estimate of drug-likeness (QED) is 0.0272. The van der Waals surface area contributed by atoms with Gasteiger partial charge in [0.25, 0.3) is 7.82 Å². The number of nitrogens with zero attached hydrogens (tertiary/aromatic N) is 1. The molecule has 0 spiro atoms. The maximum Gasteiger partial charge on any atom is 0.268 e. The number of rotatable bonds is 67. The summed E-state index contributed by atoms with van der Waals surface area (Å²) in [6, 6.07) is -0.797. The van der Waals surface area contributed by atoms with Gasteiger partial charge in [0.05, 0.1) is 39.9 Å². The average Bonchev–Trinajstić information content (AvgIpc) is 3.42. The summed E-state index contributed by atoms with van der Waals surface area (Å²) in [7, 11) is 1.33. The third-order valence-electron chi connectivity index (χ3n) is 16.7. The minimum absolute atomic E-state index is 0.0156. The van der Waals surface area contributed by atoms with Crippen molar-refractivity contribution >= 4 is 13.7 Å². The van der Waals surface area contributed by atoms with Crippen LogP contribution in [0.5, 0.6) is 0 Å². The molecule has 2 N–H and O–H groups in total. The van der Waals surface area contributed by atoms with Crippen molar-refractivity contribution in [1.29, 1.82) is 0 Å². The van der Waals surface area contributed by atoms with Gasteiger partial charge in [-0.25, -0.2) is 0 Å². The molecule has 0 aromatic heterocycles. The van der Waals surface area contributed by atoms with E-state index in [4.69, 9.17) is 9.05 Å². The second-order valence-electron chi connectivity index (χ2n) is 26.0. The minimum atomic E-state index is -4.57. The Hall–Kier alpha value is -1.02. The lowest BCUT2D eigenvalue weighted by molar-refractivity contribution is -0.870. The van der Waals surface area contributed by atoms with E-state index in [2.05, 4.69) is 43.5 Å². The van der Waals surface area contributed by atoms with Crippen molar-refractivity contribution in [3.05, 3.63) is 24.3 Å². The molecule has 0 fully saturated rings. The first-order chi connectivity index (χ1) is 39.0. The van der Waals surface area contributed by atoms with E-state index in [0.29, 0.717) is 23.9 Å².